The van der Waals surface area contributed by atoms with Gasteiger partial charge in [0.15, 0.2) is 0 Å². The lowest BCUT2D eigenvalue weighted by atomic mass is 10.4. The normalized spacial score (nSPS) is 11.0. The van der Waals surface area contributed by atoms with Gasteiger partial charge in [-0.2, -0.15) is 0 Å². The molecule has 0 bridgehead atoms. The molecule has 44 valence electrons. The standard InChI is InChI=1S/C6H6ClF/c1-3-6(7)4-5(2)8/h3-4H,1-2H2/b6-4+. The molecule has 0 saturated carbocycles. The second kappa shape index (κ2) is 3.44. The Balaban J connectivity index is 3.94. The third-order valence-electron chi connectivity index (χ3n) is 0.490. The second-order valence-corrected chi connectivity index (χ2v) is 1.62. The molecule has 0 fully saturated rings. The maximum atomic E-state index is 11.7. The summed E-state index contributed by atoms with van der Waals surface area (Å²) >= 11 is 5.30. The summed E-state index contributed by atoms with van der Waals surface area (Å²) in [5.74, 6) is -0.560. The van der Waals surface area contributed by atoms with E-state index in [4.69, 9.17) is 11.6 Å². The van der Waals surface area contributed by atoms with Gasteiger partial charge in [0.1, 0.15) is 5.83 Å². The van der Waals surface area contributed by atoms with Crippen molar-refractivity contribution >= 4 is 11.6 Å². The van der Waals surface area contributed by atoms with Crippen LogP contribution in [0.25, 0.3) is 0 Å². The Morgan fingerprint density at radius 2 is 2.12 bits per heavy atom. The third kappa shape index (κ3) is 3.62. The zero-order valence-corrected chi connectivity index (χ0v) is 5.08. The topological polar surface area (TPSA) is 0 Å². The highest BCUT2D eigenvalue weighted by molar-refractivity contribution is 6.31. The van der Waals surface area contributed by atoms with Gasteiger partial charge in [0, 0.05) is 5.03 Å². The molecule has 0 N–H and O–H groups in total. The van der Waals surface area contributed by atoms with Gasteiger partial charge in [-0.3, -0.25) is 0 Å². The molecule has 0 heterocycles. The van der Waals surface area contributed by atoms with Gasteiger partial charge in [0.25, 0.3) is 0 Å². The summed E-state index contributed by atoms with van der Waals surface area (Å²) in [5, 5.41) is 0.262. The van der Waals surface area contributed by atoms with Gasteiger partial charge in [-0.15, -0.1) is 0 Å². The van der Waals surface area contributed by atoms with Crippen molar-refractivity contribution in [2.24, 2.45) is 0 Å². The highest BCUT2D eigenvalue weighted by Gasteiger charge is 1.83. The Kier molecular flexibility index (Phi) is 3.20. The van der Waals surface area contributed by atoms with Crippen molar-refractivity contribution in [2.45, 2.75) is 0 Å². The van der Waals surface area contributed by atoms with E-state index in [2.05, 4.69) is 13.2 Å². The van der Waals surface area contributed by atoms with E-state index < -0.39 is 5.83 Å². The van der Waals surface area contributed by atoms with E-state index in [1.54, 1.807) is 0 Å². The van der Waals surface area contributed by atoms with Crippen molar-refractivity contribution < 1.29 is 4.39 Å². The van der Waals surface area contributed by atoms with Gasteiger partial charge < -0.3 is 0 Å². The van der Waals surface area contributed by atoms with Gasteiger partial charge >= 0.3 is 0 Å². The fourth-order valence-corrected chi connectivity index (χ4v) is 0.327. The summed E-state index contributed by atoms with van der Waals surface area (Å²) < 4.78 is 11.7. The van der Waals surface area contributed by atoms with Gasteiger partial charge in [0.2, 0.25) is 0 Å². The lowest BCUT2D eigenvalue weighted by Crippen LogP contribution is -1.61. The lowest BCUT2D eigenvalue weighted by molar-refractivity contribution is 0.671. The summed E-state index contributed by atoms with van der Waals surface area (Å²) in [6.45, 7) is 6.27. The van der Waals surface area contributed by atoms with E-state index in [9.17, 15) is 4.39 Å². The molecular formula is C6H6ClF. The van der Waals surface area contributed by atoms with Crippen molar-refractivity contribution in [3.05, 3.63) is 36.2 Å². The first kappa shape index (κ1) is 7.44. The molecule has 0 saturated heterocycles. The first-order chi connectivity index (χ1) is 3.66. The van der Waals surface area contributed by atoms with Crippen LogP contribution < -0.4 is 0 Å². The summed E-state index contributed by atoms with van der Waals surface area (Å²) in [4.78, 5) is 0. The molecule has 8 heavy (non-hydrogen) atoms. The predicted molar refractivity (Wildman–Crippen MR) is 34.4 cm³/mol. The molecule has 0 radical (unpaired) electrons. The van der Waals surface area contributed by atoms with Gasteiger partial charge in [-0.05, 0) is 6.08 Å². The monoisotopic (exact) mass is 132 g/mol. The van der Waals surface area contributed by atoms with Crippen LogP contribution in [-0.4, -0.2) is 0 Å². The first-order valence-electron chi connectivity index (χ1n) is 2.01. The van der Waals surface area contributed by atoms with Crippen LogP contribution >= 0.6 is 11.6 Å². The minimum absolute atomic E-state index is 0.262. The Hall–Kier alpha value is -0.560. The molecule has 0 spiro atoms. The third-order valence-corrected chi connectivity index (χ3v) is 0.753. The predicted octanol–water partition coefficient (Wildman–Crippen LogP) is 2.78. The molecule has 0 aromatic rings. The Bertz CT molecular complexity index is 135. The quantitative estimate of drug-likeness (QED) is 0.507. The summed E-state index contributed by atoms with van der Waals surface area (Å²) in [7, 11) is 0. The van der Waals surface area contributed by atoms with Crippen molar-refractivity contribution in [2.75, 3.05) is 0 Å². The number of hydrogen-bond donors (Lipinski definition) is 0. The van der Waals surface area contributed by atoms with Crippen LogP contribution in [0.1, 0.15) is 0 Å². The van der Waals surface area contributed by atoms with E-state index >= 15 is 0 Å². The maximum Gasteiger partial charge on any atom is 0.117 e. The van der Waals surface area contributed by atoms with E-state index in [1.807, 2.05) is 0 Å². The number of halogens is 2. The number of hydrogen-bond acceptors (Lipinski definition) is 0. The number of allylic oxidation sites excluding steroid dienone is 4. The molecule has 0 nitrogen and oxygen atoms in total. The molecule has 0 atom stereocenters. The summed E-state index contributed by atoms with van der Waals surface area (Å²) in [5.41, 5.74) is 0. The minimum Gasteiger partial charge on any atom is -0.208 e. The zero-order chi connectivity index (χ0) is 6.57. The molecular weight excluding hydrogens is 127 g/mol. The molecule has 0 aliphatic heterocycles. The SMILES string of the molecule is C=C/C(Cl)=C\C(=C)F. The highest BCUT2D eigenvalue weighted by atomic mass is 35.5. The number of rotatable bonds is 2. The smallest absolute Gasteiger partial charge is 0.117 e. The molecule has 0 aromatic heterocycles. The molecule has 0 unspecified atom stereocenters. The fourth-order valence-electron chi connectivity index (χ4n) is 0.209. The minimum atomic E-state index is -0.560. The largest absolute Gasteiger partial charge is 0.208 e. The molecule has 0 aliphatic carbocycles. The van der Waals surface area contributed by atoms with Crippen molar-refractivity contribution in [3.8, 4) is 0 Å². The Morgan fingerprint density at radius 3 is 2.25 bits per heavy atom. The van der Waals surface area contributed by atoms with Crippen molar-refractivity contribution in [3.63, 3.8) is 0 Å². The molecule has 0 rings (SSSR count). The first-order valence-corrected chi connectivity index (χ1v) is 2.38. The average Bonchev–Trinajstić information content (AvgIpc) is 1.65. The van der Waals surface area contributed by atoms with Gasteiger partial charge in [0.05, 0.1) is 0 Å². The van der Waals surface area contributed by atoms with Crippen LogP contribution in [0, 0.1) is 0 Å². The zero-order valence-electron chi connectivity index (χ0n) is 4.32. The van der Waals surface area contributed by atoms with Gasteiger partial charge in [-0.1, -0.05) is 30.8 Å². The van der Waals surface area contributed by atoms with Crippen molar-refractivity contribution in [1.82, 2.24) is 0 Å². The van der Waals surface area contributed by atoms with Crippen LogP contribution in [0.4, 0.5) is 4.39 Å². The fraction of sp³-hybridized carbons (Fsp3) is 0. The van der Waals surface area contributed by atoms with Crippen LogP contribution in [-0.2, 0) is 0 Å². The van der Waals surface area contributed by atoms with Crippen LogP contribution in [0.2, 0.25) is 0 Å². The second-order valence-electron chi connectivity index (χ2n) is 1.18. The molecule has 0 amide bonds. The van der Waals surface area contributed by atoms with Gasteiger partial charge in [-0.25, -0.2) is 4.39 Å². The van der Waals surface area contributed by atoms with E-state index in [1.165, 1.54) is 6.08 Å². The molecule has 0 aliphatic rings. The highest BCUT2D eigenvalue weighted by Crippen LogP contribution is 2.05. The Morgan fingerprint density at radius 1 is 1.62 bits per heavy atom. The van der Waals surface area contributed by atoms with E-state index in [0.29, 0.717) is 0 Å². The molecule has 0 aromatic carbocycles. The maximum absolute atomic E-state index is 11.7. The van der Waals surface area contributed by atoms with Crippen molar-refractivity contribution in [1.29, 1.82) is 0 Å². The average molecular weight is 133 g/mol. The summed E-state index contributed by atoms with van der Waals surface area (Å²) in [6, 6.07) is 0. The van der Waals surface area contributed by atoms with Crippen LogP contribution in [0.3, 0.4) is 0 Å². The van der Waals surface area contributed by atoms with E-state index in [-0.39, 0.29) is 5.03 Å². The van der Waals surface area contributed by atoms with Crippen LogP contribution in [0.5, 0.6) is 0 Å². The molecule has 2 heteroatoms. The lowest BCUT2D eigenvalue weighted by Gasteiger charge is -1.81. The van der Waals surface area contributed by atoms with E-state index in [0.717, 1.165) is 6.08 Å². The van der Waals surface area contributed by atoms with Crippen LogP contribution in [0.15, 0.2) is 36.2 Å². The Labute approximate surface area is 53.0 Å². The summed E-state index contributed by atoms with van der Waals surface area (Å²) in [6.07, 6.45) is 2.43.